The molecule has 0 bridgehead atoms. The predicted octanol–water partition coefficient (Wildman–Crippen LogP) is 2.48. The van der Waals surface area contributed by atoms with Gasteiger partial charge in [0, 0.05) is 31.4 Å². The van der Waals surface area contributed by atoms with Crippen LogP contribution >= 0.6 is 11.3 Å². The lowest BCUT2D eigenvalue weighted by Gasteiger charge is -2.15. The Morgan fingerprint density at radius 2 is 2.22 bits per heavy atom. The Balaban J connectivity index is 1.45. The lowest BCUT2D eigenvalue weighted by molar-refractivity contribution is 0.0941. The van der Waals surface area contributed by atoms with Crippen LogP contribution in [0.4, 0.5) is 0 Å². The molecule has 3 heterocycles. The van der Waals surface area contributed by atoms with Crippen molar-refractivity contribution in [1.82, 2.24) is 20.2 Å². The van der Waals surface area contributed by atoms with Crippen molar-refractivity contribution in [2.75, 3.05) is 13.1 Å². The SMILES string of the molecule is Cc1nc(-c2ccccn2)sc1C(=O)N[C@H]1CCN(C2CC2)C1. The number of carbonyl (C=O) groups is 1. The number of amides is 1. The minimum atomic E-state index is 0.00447. The number of nitrogens with zero attached hydrogens (tertiary/aromatic N) is 3. The fraction of sp³-hybridized carbons (Fsp3) is 0.471. The highest BCUT2D eigenvalue weighted by Crippen LogP contribution is 2.30. The van der Waals surface area contributed by atoms with Crippen molar-refractivity contribution >= 4 is 17.2 Å². The molecule has 1 amide bonds. The molecule has 1 aliphatic heterocycles. The maximum atomic E-state index is 12.6. The first-order chi connectivity index (χ1) is 11.2. The second-order valence-corrected chi connectivity index (χ2v) is 7.33. The topological polar surface area (TPSA) is 58.1 Å². The number of nitrogens with one attached hydrogen (secondary N) is 1. The molecule has 120 valence electrons. The third-order valence-electron chi connectivity index (χ3n) is 4.50. The molecule has 6 heteroatoms. The van der Waals surface area contributed by atoms with E-state index >= 15 is 0 Å². The maximum absolute atomic E-state index is 12.6. The van der Waals surface area contributed by atoms with E-state index in [1.54, 1.807) is 6.20 Å². The number of aryl methyl sites for hydroxylation is 1. The predicted molar refractivity (Wildman–Crippen MR) is 90.5 cm³/mol. The van der Waals surface area contributed by atoms with E-state index in [1.165, 1.54) is 24.2 Å². The fourth-order valence-corrected chi connectivity index (χ4v) is 4.08. The van der Waals surface area contributed by atoms with E-state index in [1.807, 2.05) is 25.1 Å². The minimum absolute atomic E-state index is 0.00447. The summed E-state index contributed by atoms with van der Waals surface area (Å²) in [6.07, 6.45) is 5.44. The van der Waals surface area contributed by atoms with Gasteiger partial charge in [-0.2, -0.15) is 0 Å². The van der Waals surface area contributed by atoms with Crippen molar-refractivity contribution in [3.63, 3.8) is 0 Å². The van der Waals surface area contributed by atoms with Gasteiger partial charge in [-0.15, -0.1) is 11.3 Å². The van der Waals surface area contributed by atoms with Crippen LogP contribution in [0.3, 0.4) is 0 Å². The van der Waals surface area contributed by atoms with Crippen molar-refractivity contribution < 1.29 is 4.79 Å². The molecule has 0 unspecified atom stereocenters. The van der Waals surface area contributed by atoms with E-state index in [2.05, 4.69) is 20.2 Å². The van der Waals surface area contributed by atoms with Gasteiger partial charge in [0.05, 0.1) is 11.4 Å². The van der Waals surface area contributed by atoms with Crippen molar-refractivity contribution in [3.8, 4) is 10.7 Å². The van der Waals surface area contributed by atoms with Crippen molar-refractivity contribution in [1.29, 1.82) is 0 Å². The lowest BCUT2D eigenvalue weighted by atomic mass is 10.2. The van der Waals surface area contributed by atoms with Crippen LogP contribution in [-0.4, -0.2) is 45.9 Å². The van der Waals surface area contributed by atoms with E-state index in [-0.39, 0.29) is 11.9 Å². The Hall–Kier alpha value is -1.79. The fourth-order valence-electron chi connectivity index (χ4n) is 3.13. The zero-order chi connectivity index (χ0) is 15.8. The number of carbonyl (C=O) groups excluding carboxylic acids is 1. The molecule has 1 saturated carbocycles. The molecule has 4 rings (SSSR count). The first kappa shape index (κ1) is 14.8. The largest absolute Gasteiger partial charge is 0.347 e. The summed E-state index contributed by atoms with van der Waals surface area (Å²) < 4.78 is 0. The molecule has 1 aliphatic carbocycles. The van der Waals surface area contributed by atoms with Gasteiger partial charge in [0.2, 0.25) is 0 Å². The van der Waals surface area contributed by atoms with Gasteiger partial charge in [0.25, 0.3) is 5.91 Å². The number of thiazole rings is 1. The normalized spacial score (nSPS) is 21.5. The molecule has 2 aromatic heterocycles. The average Bonchev–Trinajstić information content (AvgIpc) is 3.19. The van der Waals surface area contributed by atoms with E-state index in [9.17, 15) is 4.79 Å². The first-order valence-corrected chi connectivity index (χ1v) is 8.96. The number of pyridine rings is 1. The Kier molecular flexibility index (Phi) is 3.87. The zero-order valence-corrected chi connectivity index (χ0v) is 14.0. The molecule has 2 fully saturated rings. The highest BCUT2D eigenvalue weighted by Gasteiger charge is 2.35. The van der Waals surface area contributed by atoms with Gasteiger partial charge >= 0.3 is 0 Å². The van der Waals surface area contributed by atoms with Crippen LogP contribution in [-0.2, 0) is 0 Å². The molecule has 0 aromatic carbocycles. The molecule has 2 aliphatic rings. The van der Waals surface area contributed by atoms with E-state index in [0.29, 0.717) is 4.88 Å². The number of hydrogen-bond acceptors (Lipinski definition) is 5. The molecule has 1 saturated heterocycles. The van der Waals surface area contributed by atoms with Gasteiger partial charge in [-0.1, -0.05) is 6.07 Å². The second kappa shape index (κ2) is 6.02. The standard InChI is InChI=1S/C17H20N4OS/c1-11-15(23-17(19-11)14-4-2-3-8-18-14)16(22)20-12-7-9-21(10-12)13-5-6-13/h2-4,8,12-13H,5-7,9-10H2,1H3,(H,20,22)/t12-/m0/s1. The molecule has 0 spiro atoms. The van der Waals surface area contributed by atoms with Crippen molar-refractivity contribution in [2.45, 2.75) is 38.3 Å². The monoisotopic (exact) mass is 328 g/mol. The Labute approximate surface area is 139 Å². The van der Waals surface area contributed by atoms with Crippen LogP contribution in [0, 0.1) is 6.92 Å². The highest BCUT2D eigenvalue weighted by molar-refractivity contribution is 7.17. The summed E-state index contributed by atoms with van der Waals surface area (Å²) in [6.45, 7) is 3.99. The quantitative estimate of drug-likeness (QED) is 0.937. The van der Waals surface area contributed by atoms with Gasteiger partial charge in [-0.05, 0) is 38.3 Å². The molecule has 1 N–H and O–H groups in total. The van der Waals surface area contributed by atoms with Gasteiger partial charge < -0.3 is 5.32 Å². The van der Waals surface area contributed by atoms with Crippen molar-refractivity contribution in [2.24, 2.45) is 0 Å². The van der Waals surface area contributed by atoms with Gasteiger partial charge in [0.15, 0.2) is 0 Å². The lowest BCUT2D eigenvalue weighted by Crippen LogP contribution is -2.37. The first-order valence-electron chi connectivity index (χ1n) is 8.14. The van der Waals surface area contributed by atoms with Gasteiger partial charge in [-0.3, -0.25) is 14.7 Å². The third kappa shape index (κ3) is 3.14. The van der Waals surface area contributed by atoms with E-state index in [4.69, 9.17) is 0 Å². The average molecular weight is 328 g/mol. The summed E-state index contributed by atoms with van der Waals surface area (Å²) in [4.78, 5) is 24.6. The Morgan fingerprint density at radius 1 is 1.35 bits per heavy atom. The van der Waals surface area contributed by atoms with Crippen LogP contribution in [0.5, 0.6) is 0 Å². The second-order valence-electron chi connectivity index (χ2n) is 6.33. The van der Waals surface area contributed by atoms with E-state index in [0.717, 1.165) is 41.9 Å². The Bertz CT molecular complexity index is 711. The van der Waals surface area contributed by atoms with Crippen molar-refractivity contribution in [3.05, 3.63) is 35.0 Å². The number of likely N-dealkylation sites (tertiary alicyclic amines) is 1. The zero-order valence-electron chi connectivity index (χ0n) is 13.2. The van der Waals surface area contributed by atoms with Gasteiger partial charge in [0.1, 0.15) is 9.88 Å². The molecular weight excluding hydrogens is 308 g/mol. The maximum Gasteiger partial charge on any atom is 0.263 e. The summed E-state index contributed by atoms with van der Waals surface area (Å²) in [5.41, 5.74) is 1.60. The van der Waals surface area contributed by atoms with Crippen LogP contribution in [0.2, 0.25) is 0 Å². The van der Waals surface area contributed by atoms with Crippen LogP contribution in [0.1, 0.15) is 34.6 Å². The Morgan fingerprint density at radius 3 is 2.96 bits per heavy atom. The third-order valence-corrected chi connectivity index (χ3v) is 5.68. The number of hydrogen-bond donors (Lipinski definition) is 1. The summed E-state index contributed by atoms with van der Waals surface area (Å²) in [7, 11) is 0. The van der Waals surface area contributed by atoms with Crippen LogP contribution < -0.4 is 5.32 Å². The van der Waals surface area contributed by atoms with Crippen LogP contribution in [0.15, 0.2) is 24.4 Å². The summed E-state index contributed by atoms with van der Waals surface area (Å²) in [5.74, 6) is 0.00447. The summed E-state index contributed by atoms with van der Waals surface area (Å²) in [6, 6.07) is 6.78. The molecule has 5 nitrogen and oxygen atoms in total. The molecule has 23 heavy (non-hydrogen) atoms. The van der Waals surface area contributed by atoms with E-state index < -0.39 is 0 Å². The smallest absolute Gasteiger partial charge is 0.263 e. The molecule has 0 radical (unpaired) electrons. The molecule has 1 atom stereocenters. The van der Waals surface area contributed by atoms with Gasteiger partial charge in [-0.25, -0.2) is 4.98 Å². The summed E-state index contributed by atoms with van der Waals surface area (Å²) >= 11 is 1.42. The highest BCUT2D eigenvalue weighted by atomic mass is 32.1. The molecule has 2 aromatic rings. The minimum Gasteiger partial charge on any atom is -0.347 e. The number of aromatic nitrogens is 2. The van der Waals surface area contributed by atoms with Crippen LogP contribution in [0.25, 0.3) is 10.7 Å². The summed E-state index contributed by atoms with van der Waals surface area (Å²) in [5, 5.41) is 3.99. The molecular formula is C17H20N4OS. The number of rotatable bonds is 4.